The molecule has 1 unspecified atom stereocenters. The van der Waals surface area contributed by atoms with Gasteiger partial charge in [-0.2, -0.15) is 0 Å². The number of nitrogens with zero attached hydrogens (tertiary/aromatic N) is 1. The van der Waals surface area contributed by atoms with E-state index in [0.29, 0.717) is 0 Å². The van der Waals surface area contributed by atoms with Crippen molar-refractivity contribution in [1.82, 2.24) is 0 Å². The van der Waals surface area contributed by atoms with Crippen LogP contribution in [-0.2, 0) is 5.41 Å². The summed E-state index contributed by atoms with van der Waals surface area (Å²) < 4.78 is 6.73. The van der Waals surface area contributed by atoms with Crippen molar-refractivity contribution in [1.29, 1.82) is 0 Å². The normalized spacial score (nSPS) is 20.9. The summed E-state index contributed by atoms with van der Waals surface area (Å²) in [6, 6.07) is 25.3. The van der Waals surface area contributed by atoms with Crippen LogP contribution in [0.4, 0.5) is 5.69 Å². The van der Waals surface area contributed by atoms with Gasteiger partial charge in [0.2, 0.25) is 5.72 Å². The second-order valence-corrected chi connectivity index (χ2v) is 8.76. The average Bonchev–Trinajstić information content (AvgIpc) is 2.96. The van der Waals surface area contributed by atoms with Gasteiger partial charge in [0.25, 0.3) is 0 Å². The molecule has 0 saturated carbocycles. The van der Waals surface area contributed by atoms with Gasteiger partial charge in [-0.15, -0.1) is 0 Å². The first-order valence-electron chi connectivity index (χ1n) is 10.8. The quantitative estimate of drug-likeness (QED) is 0.438. The molecule has 2 heterocycles. The van der Waals surface area contributed by atoms with Crippen molar-refractivity contribution in [2.24, 2.45) is 0 Å². The monoisotopic (exact) mass is 405 g/mol. The zero-order chi connectivity index (χ0) is 21.5. The molecule has 2 heteroatoms. The van der Waals surface area contributed by atoms with Crippen LogP contribution >= 0.6 is 0 Å². The van der Waals surface area contributed by atoms with E-state index in [1.807, 2.05) is 18.2 Å². The van der Waals surface area contributed by atoms with Crippen LogP contribution in [0.15, 0.2) is 91.0 Å². The minimum absolute atomic E-state index is 0.173. The molecule has 0 saturated heterocycles. The Labute approximate surface area is 184 Å². The van der Waals surface area contributed by atoms with Gasteiger partial charge in [-0.05, 0) is 60.9 Å². The zero-order valence-electron chi connectivity index (χ0n) is 18.2. The maximum absolute atomic E-state index is 6.73. The smallest absolute Gasteiger partial charge is 0.211 e. The largest absolute Gasteiger partial charge is 0.463 e. The van der Waals surface area contributed by atoms with Crippen LogP contribution in [0.2, 0.25) is 0 Å². The number of allylic oxidation sites excluding steroid dienone is 2. The van der Waals surface area contributed by atoms with E-state index >= 15 is 0 Å². The molecular formula is C29H27NO. The fraction of sp³-hybridized carbons (Fsp3) is 0.172. The van der Waals surface area contributed by atoms with Gasteiger partial charge in [-0.1, -0.05) is 78.9 Å². The number of rotatable bonds is 3. The van der Waals surface area contributed by atoms with E-state index in [2.05, 4.69) is 117 Å². The fourth-order valence-corrected chi connectivity index (χ4v) is 4.80. The van der Waals surface area contributed by atoms with Crippen LogP contribution in [0.5, 0.6) is 5.75 Å². The lowest BCUT2D eigenvalue weighted by Crippen LogP contribution is -2.58. The SMILES string of the molecule is CN1c2ccccc2C(C)(C)C12C=Cc1cc(/C=C/C=C/c3ccccc3)ccc1O2. The van der Waals surface area contributed by atoms with Crippen molar-refractivity contribution in [3.05, 3.63) is 113 Å². The molecule has 2 aliphatic rings. The number of hydrogen-bond acceptors (Lipinski definition) is 2. The number of fused-ring (bicyclic) bond motifs is 2. The molecule has 0 fully saturated rings. The summed E-state index contributed by atoms with van der Waals surface area (Å²) >= 11 is 0. The van der Waals surface area contributed by atoms with Crippen molar-refractivity contribution in [2.45, 2.75) is 25.0 Å². The summed E-state index contributed by atoms with van der Waals surface area (Å²) in [5, 5.41) is 0. The Morgan fingerprint density at radius 2 is 1.52 bits per heavy atom. The van der Waals surface area contributed by atoms with Gasteiger partial charge in [0.15, 0.2) is 0 Å². The van der Waals surface area contributed by atoms with Crippen LogP contribution in [0, 0.1) is 0 Å². The van der Waals surface area contributed by atoms with E-state index in [0.717, 1.165) is 16.9 Å². The average molecular weight is 406 g/mol. The van der Waals surface area contributed by atoms with Gasteiger partial charge in [0, 0.05) is 18.3 Å². The number of anilines is 1. The number of para-hydroxylation sites is 1. The highest BCUT2D eigenvalue weighted by Crippen LogP contribution is 2.54. The minimum atomic E-state index is -0.528. The molecule has 154 valence electrons. The van der Waals surface area contributed by atoms with E-state index in [1.165, 1.54) is 16.8 Å². The molecule has 2 nitrogen and oxygen atoms in total. The molecule has 3 aromatic carbocycles. The summed E-state index contributed by atoms with van der Waals surface area (Å²) in [5.41, 5.74) is 5.31. The van der Waals surface area contributed by atoms with E-state index in [-0.39, 0.29) is 5.41 Å². The van der Waals surface area contributed by atoms with Crippen LogP contribution in [-0.4, -0.2) is 12.8 Å². The Balaban J connectivity index is 1.40. The lowest BCUT2D eigenvalue weighted by molar-refractivity contribution is 0.0582. The summed E-state index contributed by atoms with van der Waals surface area (Å²) in [5.74, 6) is 0.923. The highest BCUT2D eigenvalue weighted by atomic mass is 16.5. The molecule has 2 aliphatic heterocycles. The first-order chi connectivity index (χ1) is 15.0. The topological polar surface area (TPSA) is 12.5 Å². The van der Waals surface area contributed by atoms with Crippen LogP contribution in [0.3, 0.4) is 0 Å². The summed E-state index contributed by atoms with van der Waals surface area (Å²) in [7, 11) is 2.12. The van der Waals surface area contributed by atoms with Gasteiger partial charge >= 0.3 is 0 Å². The Morgan fingerprint density at radius 3 is 2.29 bits per heavy atom. The van der Waals surface area contributed by atoms with Crippen molar-refractivity contribution in [3.8, 4) is 5.75 Å². The van der Waals surface area contributed by atoms with E-state index in [9.17, 15) is 0 Å². The van der Waals surface area contributed by atoms with Crippen LogP contribution in [0.1, 0.15) is 36.1 Å². The third-order valence-corrected chi connectivity index (χ3v) is 6.61. The summed E-state index contributed by atoms with van der Waals surface area (Å²) in [6.45, 7) is 4.53. The Kier molecular flexibility index (Phi) is 4.59. The molecule has 0 amide bonds. The van der Waals surface area contributed by atoms with Crippen molar-refractivity contribution >= 4 is 23.9 Å². The maximum Gasteiger partial charge on any atom is 0.211 e. The van der Waals surface area contributed by atoms with Crippen LogP contribution < -0.4 is 9.64 Å². The molecule has 0 aromatic heterocycles. The molecule has 0 bridgehead atoms. The lowest BCUT2D eigenvalue weighted by atomic mass is 9.76. The van der Waals surface area contributed by atoms with Crippen molar-refractivity contribution < 1.29 is 4.74 Å². The molecule has 0 aliphatic carbocycles. The lowest BCUT2D eigenvalue weighted by Gasteiger charge is -2.45. The number of likely N-dealkylation sites (N-methyl/N-ethyl adjacent to an activating group) is 1. The first-order valence-corrected chi connectivity index (χ1v) is 10.8. The second kappa shape index (κ2) is 7.31. The Bertz CT molecular complexity index is 1200. The maximum atomic E-state index is 6.73. The summed E-state index contributed by atoms with van der Waals surface area (Å²) in [4.78, 5) is 2.27. The van der Waals surface area contributed by atoms with Gasteiger partial charge in [-0.3, -0.25) is 0 Å². The van der Waals surface area contributed by atoms with Gasteiger partial charge in [-0.25, -0.2) is 0 Å². The molecule has 31 heavy (non-hydrogen) atoms. The molecule has 1 atom stereocenters. The Morgan fingerprint density at radius 1 is 0.806 bits per heavy atom. The number of benzene rings is 3. The molecule has 1 spiro atoms. The van der Waals surface area contributed by atoms with Crippen LogP contribution in [0.25, 0.3) is 18.2 Å². The van der Waals surface area contributed by atoms with Gasteiger partial charge in [0.05, 0.1) is 5.41 Å². The van der Waals surface area contributed by atoms with Gasteiger partial charge in [0.1, 0.15) is 5.75 Å². The minimum Gasteiger partial charge on any atom is -0.463 e. The highest BCUT2D eigenvalue weighted by molar-refractivity contribution is 5.73. The molecule has 5 rings (SSSR count). The number of ether oxygens (including phenoxy) is 1. The highest BCUT2D eigenvalue weighted by Gasteiger charge is 2.57. The van der Waals surface area contributed by atoms with E-state index in [4.69, 9.17) is 4.74 Å². The third-order valence-electron chi connectivity index (χ3n) is 6.61. The molecular weight excluding hydrogens is 378 g/mol. The summed E-state index contributed by atoms with van der Waals surface area (Å²) in [6.07, 6.45) is 12.8. The fourth-order valence-electron chi connectivity index (χ4n) is 4.80. The molecule has 0 N–H and O–H groups in total. The predicted octanol–water partition coefficient (Wildman–Crippen LogP) is 6.94. The van der Waals surface area contributed by atoms with Crippen molar-refractivity contribution in [2.75, 3.05) is 11.9 Å². The number of hydrogen-bond donors (Lipinski definition) is 0. The van der Waals surface area contributed by atoms with E-state index < -0.39 is 5.72 Å². The van der Waals surface area contributed by atoms with E-state index in [1.54, 1.807) is 0 Å². The Hall–Kier alpha value is -3.52. The standard InChI is InChI=1S/C29H27NO/c1-28(2)25-15-9-10-16-26(25)30(3)29(28)20-19-24-21-23(17-18-27(24)31-29)14-8-7-13-22-11-5-4-6-12-22/h4-21H,1-3H3/b13-7+,14-8+. The van der Waals surface area contributed by atoms with Crippen molar-refractivity contribution in [3.63, 3.8) is 0 Å². The van der Waals surface area contributed by atoms with Gasteiger partial charge < -0.3 is 9.64 Å². The molecule has 0 radical (unpaired) electrons. The zero-order valence-corrected chi connectivity index (χ0v) is 18.2. The first kappa shape index (κ1) is 19.4. The predicted molar refractivity (Wildman–Crippen MR) is 131 cm³/mol. The second-order valence-electron chi connectivity index (χ2n) is 8.76. The third kappa shape index (κ3) is 3.11. The molecule has 3 aromatic rings.